The summed E-state index contributed by atoms with van der Waals surface area (Å²) in [6.45, 7) is 4.45. The quantitative estimate of drug-likeness (QED) is 0.529. The van der Waals surface area contributed by atoms with Gasteiger partial charge in [-0.15, -0.1) is 0 Å². The molecule has 0 heterocycles. The molecule has 0 fully saturated rings. The van der Waals surface area contributed by atoms with Crippen LogP contribution in [-0.2, 0) is 0 Å². The lowest BCUT2D eigenvalue weighted by molar-refractivity contribution is 0.557. The molecule has 0 bridgehead atoms. The smallest absolute Gasteiger partial charge is 0.101 e. The van der Waals surface area contributed by atoms with Gasteiger partial charge in [0, 0.05) is 0 Å². The minimum absolute atomic E-state index is 0.437. The molecule has 0 aliphatic carbocycles. The first-order chi connectivity index (χ1) is 9.20. The van der Waals surface area contributed by atoms with Crippen molar-refractivity contribution in [3.63, 3.8) is 0 Å². The molecule has 1 aromatic carbocycles. The number of nitriles is 1. The summed E-state index contributed by atoms with van der Waals surface area (Å²) in [7, 11) is 0. The van der Waals surface area contributed by atoms with E-state index in [4.69, 9.17) is 16.9 Å². The Morgan fingerprint density at radius 1 is 1.16 bits per heavy atom. The Morgan fingerprint density at radius 3 is 2.53 bits per heavy atom. The van der Waals surface area contributed by atoms with Crippen molar-refractivity contribution in [2.24, 2.45) is 0 Å². The molecule has 1 rings (SSSR count). The zero-order valence-electron chi connectivity index (χ0n) is 12.1. The SMILES string of the molecule is CCCCCCCCC(C)c1cccc(C#N)c1Cl. The van der Waals surface area contributed by atoms with Crippen molar-refractivity contribution in [1.29, 1.82) is 5.26 Å². The maximum absolute atomic E-state index is 8.99. The first-order valence-electron chi connectivity index (χ1n) is 7.39. The van der Waals surface area contributed by atoms with Gasteiger partial charge >= 0.3 is 0 Å². The van der Waals surface area contributed by atoms with Crippen molar-refractivity contribution in [1.82, 2.24) is 0 Å². The van der Waals surface area contributed by atoms with Gasteiger partial charge in [-0.2, -0.15) is 5.26 Å². The minimum atomic E-state index is 0.437. The minimum Gasteiger partial charge on any atom is -0.192 e. The van der Waals surface area contributed by atoms with Crippen molar-refractivity contribution in [3.8, 4) is 6.07 Å². The van der Waals surface area contributed by atoms with Crippen LogP contribution in [0.2, 0.25) is 5.02 Å². The molecule has 0 amide bonds. The fourth-order valence-corrected chi connectivity index (χ4v) is 2.76. The largest absolute Gasteiger partial charge is 0.192 e. The highest BCUT2D eigenvalue weighted by Gasteiger charge is 2.12. The lowest BCUT2D eigenvalue weighted by Crippen LogP contribution is -1.96. The van der Waals surface area contributed by atoms with E-state index < -0.39 is 0 Å². The Hall–Kier alpha value is -1.00. The third-order valence-corrected chi connectivity index (χ3v) is 4.09. The van der Waals surface area contributed by atoms with Crippen LogP contribution in [-0.4, -0.2) is 0 Å². The van der Waals surface area contributed by atoms with E-state index >= 15 is 0 Å². The second-order valence-corrected chi connectivity index (χ2v) is 5.66. The van der Waals surface area contributed by atoms with Gasteiger partial charge in [-0.05, 0) is 24.0 Å². The van der Waals surface area contributed by atoms with Gasteiger partial charge in [-0.1, -0.05) is 76.1 Å². The summed E-state index contributed by atoms with van der Waals surface area (Å²) < 4.78 is 0. The lowest BCUT2D eigenvalue weighted by atomic mass is 9.93. The molecule has 1 aromatic rings. The molecule has 1 nitrogen and oxygen atoms in total. The molecular weight excluding hydrogens is 254 g/mol. The van der Waals surface area contributed by atoms with Crippen molar-refractivity contribution in [3.05, 3.63) is 34.3 Å². The van der Waals surface area contributed by atoms with E-state index in [-0.39, 0.29) is 0 Å². The van der Waals surface area contributed by atoms with Crippen LogP contribution in [0.1, 0.15) is 75.8 Å². The molecule has 0 spiro atoms. The summed E-state index contributed by atoms with van der Waals surface area (Å²) in [4.78, 5) is 0. The zero-order chi connectivity index (χ0) is 14.1. The monoisotopic (exact) mass is 277 g/mol. The molecule has 2 heteroatoms. The number of rotatable bonds is 8. The molecule has 0 N–H and O–H groups in total. The van der Waals surface area contributed by atoms with Crippen molar-refractivity contribution in [2.75, 3.05) is 0 Å². The predicted molar refractivity (Wildman–Crippen MR) is 82.6 cm³/mol. The molecule has 19 heavy (non-hydrogen) atoms. The van der Waals surface area contributed by atoms with E-state index in [1.54, 1.807) is 6.07 Å². The first-order valence-corrected chi connectivity index (χ1v) is 7.77. The number of unbranched alkanes of at least 4 members (excludes halogenated alkanes) is 5. The number of halogens is 1. The van der Waals surface area contributed by atoms with Crippen molar-refractivity contribution >= 4 is 11.6 Å². The maximum atomic E-state index is 8.99. The fourth-order valence-electron chi connectivity index (χ4n) is 2.40. The van der Waals surface area contributed by atoms with E-state index in [0.29, 0.717) is 16.5 Å². The predicted octanol–water partition coefficient (Wildman–Crippen LogP) is 6.07. The average molecular weight is 278 g/mol. The van der Waals surface area contributed by atoms with Gasteiger partial charge in [0.2, 0.25) is 0 Å². The highest BCUT2D eigenvalue weighted by atomic mass is 35.5. The zero-order valence-corrected chi connectivity index (χ0v) is 12.8. The highest BCUT2D eigenvalue weighted by Crippen LogP contribution is 2.30. The molecule has 0 aromatic heterocycles. The van der Waals surface area contributed by atoms with Gasteiger partial charge in [0.05, 0.1) is 10.6 Å². The molecule has 0 saturated carbocycles. The topological polar surface area (TPSA) is 23.8 Å². The van der Waals surface area contributed by atoms with Crippen LogP contribution in [0.5, 0.6) is 0 Å². The Balaban J connectivity index is 2.42. The van der Waals surface area contributed by atoms with Crippen LogP contribution in [0.25, 0.3) is 0 Å². The van der Waals surface area contributed by atoms with E-state index in [1.165, 1.54) is 38.5 Å². The number of nitrogens with zero attached hydrogens (tertiary/aromatic N) is 1. The van der Waals surface area contributed by atoms with E-state index in [2.05, 4.69) is 19.9 Å². The number of hydrogen-bond donors (Lipinski definition) is 0. The van der Waals surface area contributed by atoms with Crippen molar-refractivity contribution in [2.45, 2.75) is 64.7 Å². The van der Waals surface area contributed by atoms with Crippen LogP contribution in [0.4, 0.5) is 0 Å². The van der Waals surface area contributed by atoms with Gasteiger partial charge in [-0.3, -0.25) is 0 Å². The average Bonchev–Trinajstić information content (AvgIpc) is 2.42. The van der Waals surface area contributed by atoms with Gasteiger partial charge in [-0.25, -0.2) is 0 Å². The maximum Gasteiger partial charge on any atom is 0.101 e. The molecule has 1 atom stereocenters. The van der Waals surface area contributed by atoms with Crippen LogP contribution in [0.3, 0.4) is 0 Å². The third-order valence-electron chi connectivity index (χ3n) is 3.67. The molecular formula is C17H24ClN. The Kier molecular flexibility index (Phi) is 7.60. The van der Waals surface area contributed by atoms with Crippen LogP contribution in [0, 0.1) is 11.3 Å². The molecule has 0 aliphatic heterocycles. The first kappa shape index (κ1) is 16.1. The second kappa shape index (κ2) is 8.99. The fraction of sp³-hybridized carbons (Fsp3) is 0.588. The van der Waals surface area contributed by atoms with Gasteiger partial charge in [0.15, 0.2) is 0 Å². The van der Waals surface area contributed by atoms with Gasteiger partial charge < -0.3 is 0 Å². The Bertz CT molecular complexity index is 420. The van der Waals surface area contributed by atoms with Crippen LogP contribution >= 0.6 is 11.6 Å². The van der Waals surface area contributed by atoms with Gasteiger partial charge in [0.1, 0.15) is 6.07 Å². The van der Waals surface area contributed by atoms with E-state index in [0.717, 1.165) is 12.0 Å². The molecule has 1 unspecified atom stereocenters. The standard InChI is InChI=1S/C17H24ClN/c1-3-4-5-6-7-8-10-14(2)16-12-9-11-15(13-19)17(16)18/h9,11-12,14H,3-8,10H2,1-2H3. The summed E-state index contributed by atoms with van der Waals surface area (Å²) in [5, 5.41) is 9.63. The normalized spacial score (nSPS) is 12.1. The molecule has 104 valence electrons. The Morgan fingerprint density at radius 2 is 1.84 bits per heavy atom. The molecule has 0 radical (unpaired) electrons. The summed E-state index contributed by atoms with van der Waals surface area (Å²) in [5.74, 6) is 0.437. The molecule has 0 saturated heterocycles. The van der Waals surface area contributed by atoms with Crippen molar-refractivity contribution < 1.29 is 0 Å². The van der Waals surface area contributed by atoms with E-state index in [1.807, 2.05) is 12.1 Å². The van der Waals surface area contributed by atoms with E-state index in [9.17, 15) is 0 Å². The Labute approximate surface area is 122 Å². The number of benzene rings is 1. The summed E-state index contributed by atoms with van der Waals surface area (Å²) in [6.07, 6.45) is 9.05. The third kappa shape index (κ3) is 5.25. The van der Waals surface area contributed by atoms with Crippen LogP contribution in [0.15, 0.2) is 18.2 Å². The van der Waals surface area contributed by atoms with Gasteiger partial charge in [0.25, 0.3) is 0 Å². The highest BCUT2D eigenvalue weighted by molar-refractivity contribution is 6.32. The summed E-state index contributed by atoms with van der Waals surface area (Å²) in [5.41, 5.74) is 1.71. The second-order valence-electron chi connectivity index (χ2n) is 5.28. The summed E-state index contributed by atoms with van der Waals surface area (Å²) in [6, 6.07) is 7.90. The summed E-state index contributed by atoms with van der Waals surface area (Å²) >= 11 is 6.26. The lowest BCUT2D eigenvalue weighted by Gasteiger charge is -2.14. The van der Waals surface area contributed by atoms with Crippen LogP contribution < -0.4 is 0 Å². The number of hydrogen-bond acceptors (Lipinski definition) is 1. The molecule has 0 aliphatic rings.